The van der Waals surface area contributed by atoms with Gasteiger partial charge in [-0.15, -0.1) is 0 Å². The van der Waals surface area contributed by atoms with E-state index in [1.54, 1.807) is 18.2 Å². The Labute approximate surface area is 116 Å². The molecule has 0 bridgehead atoms. The minimum Gasteiger partial charge on any atom is -0.366 e. The van der Waals surface area contributed by atoms with E-state index in [2.05, 4.69) is 16.0 Å². The second kappa shape index (κ2) is 5.19. The van der Waals surface area contributed by atoms with Crippen LogP contribution >= 0.6 is 0 Å². The topological polar surface area (TPSA) is 64.9 Å². The van der Waals surface area contributed by atoms with Crippen LogP contribution in [0.15, 0.2) is 18.2 Å². The van der Waals surface area contributed by atoms with Crippen molar-refractivity contribution in [3.63, 3.8) is 0 Å². The van der Waals surface area contributed by atoms with E-state index in [1.165, 1.54) is 0 Å². The molecule has 1 aliphatic heterocycles. The molecular formula is C14H15FN4O. The van der Waals surface area contributed by atoms with Crippen LogP contribution in [-0.2, 0) is 11.3 Å². The second-order valence-electron chi connectivity index (χ2n) is 5.11. The smallest absolute Gasteiger partial charge is 0.140 e. The number of aromatic amines is 1. The molecular weight excluding hydrogens is 259 g/mol. The summed E-state index contributed by atoms with van der Waals surface area (Å²) in [5, 5.41) is 8.85. The number of ether oxygens (including phenoxy) is 1. The fourth-order valence-corrected chi connectivity index (χ4v) is 2.45. The van der Waals surface area contributed by atoms with Crippen LogP contribution in [0.3, 0.4) is 0 Å². The third-order valence-corrected chi connectivity index (χ3v) is 3.48. The SMILES string of the molecule is CN1CC(F)C(OCc2nc3ccc(C#N)cc3[nH]2)C1. The lowest BCUT2D eigenvalue weighted by atomic mass is 10.2. The highest BCUT2D eigenvalue weighted by Crippen LogP contribution is 2.18. The molecule has 1 fully saturated rings. The first-order valence-corrected chi connectivity index (χ1v) is 6.48. The summed E-state index contributed by atoms with van der Waals surface area (Å²) in [6, 6.07) is 7.33. The lowest BCUT2D eigenvalue weighted by Crippen LogP contribution is -2.23. The van der Waals surface area contributed by atoms with Crippen molar-refractivity contribution in [2.75, 3.05) is 20.1 Å². The molecule has 3 rings (SSSR count). The molecule has 2 atom stereocenters. The highest BCUT2D eigenvalue weighted by atomic mass is 19.1. The lowest BCUT2D eigenvalue weighted by molar-refractivity contribution is 0.00930. The van der Waals surface area contributed by atoms with Gasteiger partial charge in [-0.1, -0.05) is 0 Å². The molecule has 2 unspecified atom stereocenters. The van der Waals surface area contributed by atoms with E-state index >= 15 is 0 Å². The van der Waals surface area contributed by atoms with Gasteiger partial charge in [0, 0.05) is 13.1 Å². The van der Waals surface area contributed by atoms with Crippen LogP contribution in [0.4, 0.5) is 4.39 Å². The summed E-state index contributed by atoms with van der Waals surface area (Å²) in [6.45, 7) is 1.26. The average Bonchev–Trinajstić information content (AvgIpc) is 2.98. The van der Waals surface area contributed by atoms with Gasteiger partial charge in [-0.2, -0.15) is 5.26 Å². The van der Waals surface area contributed by atoms with Gasteiger partial charge in [-0.05, 0) is 25.2 Å². The molecule has 1 N–H and O–H groups in total. The van der Waals surface area contributed by atoms with E-state index in [0.717, 1.165) is 11.0 Å². The Morgan fingerprint density at radius 1 is 1.55 bits per heavy atom. The Bertz CT molecular complexity index is 663. The maximum Gasteiger partial charge on any atom is 0.140 e. The van der Waals surface area contributed by atoms with Crippen LogP contribution in [0, 0.1) is 11.3 Å². The number of nitriles is 1. The predicted molar refractivity (Wildman–Crippen MR) is 71.8 cm³/mol. The molecule has 0 aliphatic carbocycles. The molecule has 0 saturated carbocycles. The number of hydrogen-bond donors (Lipinski definition) is 1. The summed E-state index contributed by atoms with van der Waals surface area (Å²) in [5.74, 6) is 0.650. The number of nitrogens with zero attached hydrogens (tertiary/aromatic N) is 3. The van der Waals surface area contributed by atoms with Crippen LogP contribution in [0.2, 0.25) is 0 Å². The van der Waals surface area contributed by atoms with Gasteiger partial charge in [0.25, 0.3) is 0 Å². The molecule has 0 spiro atoms. The van der Waals surface area contributed by atoms with Crippen molar-refractivity contribution in [3.05, 3.63) is 29.6 Å². The first kappa shape index (κ1) is 13.0. The zero-order valence-electron chi connectivity index (χ0n) is 11.1. The number of fused-ring (bicyclic) bond motifs is 1. The van der Waals surface area contributed by atoms with E-state index in [-0.39, 0.29) is 6.61 Å². The van der Waals surface area contributed by atoms with Crippen LogP contribution in [0.5, 0.6) is 0 Å². The number of hydrogen-bond acceptors (Lipinski definition) is 4. The van der Waals surface area contributed by atoms with Gasteiger partial charge in [0.15, 0.2) is 0 Å². The number of likely N-dealkylation sites (tertiary alicyclic amines) is 1. The van der Waals surface area contributed by atoms with E-state index in [1.807, 2.05) is 11.9 Å². The molecule has 104 valence electrons. The van der Waals surface area contributed by atoms with Crippen molar-refractivity contribution in [1.29, 1.82) is 5.26 Å². The average molecular weight is 274 g/mol. The number of rotatable bonds is 3. The quantitative estimate of drug-likeness (QED) is 0.923. The van der Waals surface area contributed by atoms with Crippen molar-refractivity contribution in [3.8, 4) is 6.07 Å². The molecule has 20 heavy (non-hydrogen) atoms. The van der Waals surface area contributed by atoms with Crippen LogP contribution in [0.1, 0.15) is 11.4 Å². The Hall–Kier alpha value is -1.97. The second-order valence-corrected chi connectivity index (χ2v) is 5.11. The van der Waals surface area contributed by atoms with Crippen LogP contribution in [-0.4, -0.2) is 47.3 Å². The number of imidazole rings is 1. The zero-order chi connectivity index (χ0) is 14.1. The van der Waals surface area contributed by atoms with E-state index in [0.29, 0.717) is 24.5 Å². The Morgan fingerprint density at radius 2 is 2.40 bits per heavy atom. The molecule has 1 aromatic heterocycles. The summed E-state index contributed by atoms with van der Waals surface area (Å²) in [7, 11) is 1.88. The Morgan fingerprint density at radius 3 is 3.10 bits per heavy atom. The number of benzene rings is 1. The minimum atomic E-state index is -0.949. The summed E-state index contributed by atoms with van der Waals surface area (Å²) >= 11 is 0. The molecule has 2 aromatic rings. The third kappa shape index (κ3) is 2.50. The molecule has 1 aliphatic rings. The molecule has 2 heterocycles. The monoisotopic (exact) mass is 274 g/mol. The van der Waals surface area contributed by atoms with Gasteiger partial charge in [0.05, 0.1) is 22.7 Å². The molecule has 5 nitrogen and oxygen atoms in total. The lowest BCUT2D eigenvalue weighted by Gasteiger charge is -2.12. The standard InChI is InChI=1S/C14H15FN4O/c1-19-6-10(15)13(7-19)20-8-14-17-11-3-2-9(5-16)4-12(11)18-14/h2-4,10,13H,6-8H2,1H3,(H,17,18). The van der Waals surface area contributed by atoms with Gasteiger partial charge in [0.1, 0.15) is 24.7 Å². The van der Waals surface area contributed by atoms with Gasteiger partial charge in [-0.25, -0.2) is 9.37 Å². The van der Waals surface area contributed by atoms with Crippen molar-refractivity contribution < 1.29 is 9.13 Å². The number of H-pyrrole nitrogens is 1. The number of likely N-dealkylation sites (N-methyl/N-ethyl adjacent to an activating group) is 1. The molecule has 1 aromatic carbocycles. The zero-order valence-corrected chi connectivity index (χ0v) is 11.1. The normalized spacial score (nSPS) is 23.2. The third-order valence-electron chi connectivity index (χ3n) is 3.48. The van der Waals surface area contributed by atoms with Gasteiger partial charge in [-0.3, -0.25) is 0 Å². The van der Waals surface area contributed by atoms with Crippen molar-refractivity contribution in [2.24, 2.45) is 0 Å². The van der Waals surface area contributed by atoms with Crippen molar-refractivity contribution in [2.45, 2.75) is 18.9 Å². The van der Waals surface area contributed by atoms with Gasteiger partial charge >= 0.3 is 0 Å². The molecule has 0 radical (unpaired) electrons. The Kier molecular flexibility index (Phi) is 3.38. The molecule has 6 heteroatoms. The van der Waals surface area contributed by atoms with Crippen LogP contribution < -0.4 is 0 Å². The first-order chi connectivity index (χ1) is 9.65. The summed E-state index contributed by atoms with van der Waals surface area (Å²) in [4.78, 5) is 9.37. The van der Waals surface area contributed by atoms with Gasteiger partial charge in [0.2, 0.25) is 0 Å². The fourth-order valence-electron chi connectivity index (χ4n) is 2.45. The predicted octanol–water partition coefficient (Wildman–Crippen LogP) is 1.60. The highest BCUT2D eigenvalue weighted by Gasteiger charge is 2.31. The molecule has 1 saturated heterocycles. The highest BCUT2D eigenvalue weighted by molar-refractivity contribution is 5.76. The maximum absolute atomic E-state index is 13.6. The maximum atomic E-state index is 13.6. The van der Waals surface area contributed by atoms with Crippen molar-refractivity contribution in [1.82, 2.24) is 14.9 Å². The van der Waals surface area contributed by atoms with E-state index in [4.69, 9.17) is 10.00 Å². The van der Waals surface area contributed by atoms with Gasteiger partial charge < -0.3 is 14.6 Å². The Balaban J connectivity index is 1.70. The number of halogens is 1. The minimum absolute atomic E-state index is 0.246. The number of alkyl halides is 1. The van der Waals surface area contributed by atoms with E-state index in [9.17, 15) is 4.39 Å². The number of nitrogens with one attached hydrogen (secondary N) is 1. The van der Waals surface area contributed by atoms with E-state index < -0.39 is 12.3 Å². The first-order valence-electron chi connectivity index (χ1n) is 6.48. The summed E-state index contributed by atoms with van der Waals surface area (Å²) < 4.78 is 19.2. The van der Waals surface area contributed by atoms with Crippen molar-refractivity contribution >= 4 is 11.0 Å². The summed E-state index contributed by atoms with van der Waals surface area (Å²) in [5.41, 5.74) is 2.15. The fraction of sp³-hybridized carbons (Fsp3) is 0.429. The largest absolute Gasteiger partial charge is 0.366 e. The summed E-state index contributed by atoms with van der Waals surface area (Å²) in [6.07, 6.45) is -1.35. The number of aromatic nitrogens is 2. The molecule has 0 amide bonds. The van der Waals surface area contributed by atoms with Crippen LogP contribution in [0.25, 0.3) is 11.0 Å².